The van der Waals surface area contributed by atoms with E-state index in [4.69, 9.17) is 0 Å². The van der Waals surface area contributed by atoms with Crippen LogP contribution in [0.5, 0.6) is 0 Å². The summed E-state index contributed by atoms with van der Waals surface area (Å²) in [6, 6.07) is 19.0. The third-order valence-corrected chi connectivity index (χ3v) is 4.37. The molecule has 112 valence electrons. The van der Waals surface area contributed by atoms with E-state index in [0.29, 0.717) is 5.17 Å². The quantitative estimate of drug-likeness (QED) is 0.905. The highest BCUT2D eigenvalue weighted by Crippen LogP contribution is 2.43. The Hall–Kier alpha value is -2.27. The van der Waals surface area contributed by atoms with Gasteiger partial charge in [-0.1, -0.05) is 72.4 Å². The fourth-order valence-electron chi connectivity index (χ4n) is 2.75. The highest BCUT2D eigenvalue weighted by molar-refractivity contribution is 8.13. The number of carbonyl (C=O) groups is 1. The third kappa shape index (κ3) is 2.60. The highest BCUT2D eigenvalue weighted by atomic mass is 32.2. The largest absolute Gasteiger partial charge is 0.465 e. The molecule has 4 nitrogen and oxygen atoms in total. The SMILES string of the molecule is CSC1=N[C@H](c2ccccc2)[C@H](c2ccccc2)N1C(=O)O. The number of rotatable bonds is 2. The Morgan fingerprint density at radius 2 is 1.59 bits per heavy atom. The number of benzene rings is 2. The number of thioether (sulfide) groups is 1. The first-order valence-corrected chi connectivity index (χ1v) is 8.18. The van der Waals surface area contributed by atoms with Crippen LogP contribution in [0.3, 0.4) is 0 Å². The molecule has 5 heteroatoms. The first-order chi connectivity index (χ1) is 10.7. The van der Waals surface area contributed by atoms with Crippen LogP contribution in [0.4, 0.5) is 4.79 Å². The highest BCUT2D eigenvalue weighted by Gasteiger charge is 2.41. The normalized spacial score (nSPS) is 20.8. The van der Waals surface area contributed by atoms with Crippen LogP contribution < -0.4 is 0 Å². The minimum atomic E-state index is -0.972. The lowest BCUT2D eigenvalue weighted by molar-refractivity contribution is 0.157. The van der Waals surface area contributed by atoms with Gasteiger partial charge in [-0.2, -0.15) is 0 Å². The van der Waals surface area contributed by atoms with Crippen molar-refractivity contribution in [3.8, 4) is 0 Å². The number of hydrogen-bond acceptors (Lipinski definition) is 3. The number of aliphatic imine (C=N–C) groups is 1. The van der Waals surface area contributed by atoms with Gasteiger partial charge in [-0.05, 0) is 17.4 Å². The Morgan fingerprint density at radius 3 is 2.09 bits per heavy atom. The Balaban J connectivity index is 2.10. The maximum Gasteiger partial charge on any atom is 0.414 e. The van der Waals surface area contributed by atoms with Crippen molar-refractivity contribution in [2.75, 3.05) is 6.26 Å². The van der Waals surface area contributed by atoms with Crippen molar-refractivity contribution in [2.45, 2.75) is 12.1 Å². The van der Waals surface area contributed by atoms with Crippen molar-refractivity contribution >= 4 is 23.0 Å². The first kappa shape index (κ1) is 14.7. The van der Waals surface area contributed by atoms with Gasteiger partial charge in [0.15, 0.2) is 5.17 Å². The zero-order valence-electron chi connectivity index (χ0n) is 12.1. The molecular formula is C17H16N2O2S. The minimum Gasteiger partial charge on any atom is -0.465 e. The maximum atomic E-state index is 11.8. The van der Waals surface area contributed by atoms with Gasteiger partial charge >= 0.3 is 6.09 Å². The van der Waals surface area contributed by atoms with Crippen molar-refractivity contribution in [1.29, 1.82) is 0 Å². The molecule has 2 aromatic carbocycles. The Morgan fingerprint density at radius 1 is 1.05 bits per heavy atom. The summed E-state index contributed by atoms with van der Waals surface area (Å²) in [7, 11) is 0. The summed E-state index contributed by atoms with van der Waals surface area (Å²) in [5.41, 5.74) is 1.97. The van der Waals surface area contributed by atoms with E-state index in [9.17, 15) is 9.90 Å². The van der Waals surface area contributed by atoms with E-state index in [0.717, 1.165) is 11.1 Å². The van der Waals surface area contributed by atoms with E-state index in [1.165, 1.54) is 16.7 Å². The van der Waals surface area contributed by atoms with Gasteiger partial charge in [0.05, 0.1) is 6.04 Å². The second kappa shape index (κ2) is 6.23. The zero-order valence-corrected chi connectivity index (χ0v) is 12.9. The van der Waals surface area contributed by atoms with Gasteiger partial charge in [-0.25, -0.2) is 9.69 Å². The lowest BCUT2D eigenvalue weighted by Crippen LogP contribution is -2.34. The van der Waals surface area contributed by atoms with Crippen molar-refractivity contribution in [3.63, 3.8) is 0 Å². The number of amides is 1. The van der Waals surface area contributed by atoms with Crippen molar-refractivity contribution in [3.05, 3.63) is 71.8 Å². The van der Waals surface area contributed by atoms with Gasteiger partial charge in [-0.3, -0.25) is 4.99 Å². The van der Waals surface area contributed by atoms with Crippen LogP contribution in [0, 0.1) is 0 Å². The average molecular weight is 312 g/mol. The van der Waals surface area contributed by atoms with E-state index in [1.807, 2.05) is 66.9 Å². The molecule has 0 bridgehead atoms. The fraction of sp³-hybridized carbons (Fsp3) is 0.176. The van der Waals surface area contributed by atoms with Crippen molar-refractivity contribution in [1.82, 2.24) is 4.90 Å². The lowest BCUT2D eigenvalue weighted by atomic mass is 9.94. The van der Waals surface area contributed by atoms with Gasteiger partial charge in [0, 0.05) is 0 Å². The average Bonchev–Trinajstić information content (AvgIpc) is 2.96. The topological polar surface area (TPSA) is 52.9 Å². The molecular weight excluding hydrogens is 296 g/mol. The summed E-state index contributed by atoms with van der Waals surface area (Å²) in [6.45, 7) is 0. The summed E-state index contributed by atoms with van der Waals surface area (Å²) in [5.74, 6) is 0. The molecule has 0 unspecified atom stereocenters. The van der Waals surface area contributed by atoms with E-state index in [1.54, 1.807) is 0 Å². The summed E-state index contributed by atoms with van der Waals surface area (Å²) in [4.78, 5) is 17.8. The van der Waals surface area contributed by atoms with Crippen LogP contribution in [0.25, 0.3) is 0 Å². The van der Waals surface area contributed by atoms with Crippen LogP contribution in [0.15, 0.2) is 65.7 Å². The molecule has 2 atom stereocenters. The molecule has 0 saturated heterocycles. The monoisotopic (exact) mass is 312 g/mol. The van der Waals surface area contributed by atoms with Gasteiger partial charge in [0.1, 0.15) is 6.04 Å². The van der Waals surface area contributed by atoms with E-state index < -0.39 is 6.09 Å². The van der Waals surface area contributed by atoms with Crippen LogP contribution in [0.1, 0.15) is 23.2 Å². The van der Waals surface area contributed by atoms with E-state index in [-0.39, 0.29) is 12.1 Å². The van der Waals surface area contributed by atoms with Gasteiger partial charge in [0.2, 0.25) is 0 Å². The Bertz CT molecular complexity index is 688. The van der Waals surface area contributed by atoms with Crippen LogP contribution in [0.2, 0.25) is 0 Å². The number of carboxylic acid groups (broad SMARTS) is 1. The molecule has 0 radical (unpaired) electrons. The Labute approximate surface area is 133 Å². The summed E-state index contributed by atoms with van der Waals surface area (Å²) < 4.78 is 0. The predicted molar refractivity (Wildman–Crippen MR) is 89.2 cm³/mol. The number of nitrogens with zero attached hydrogens (tertiary/aromatic N) is 2. The van der Waals surface area contributed by atoms with Gasteiger partial charge < -0.3 is 5.11 Å². The molecule has 0 fully saturated rings. The molecule has 2 aromatic rings. The number of hydrogen-bond donors (Lipinski definition) is 1. The minimum absolute atomic E-state index is 0.220. The molecule has 0 saturated carbocycles. The zero-order chi connectivity index (χ0) is 15.5. The van der Waals surface area contributed by atoms with E-state index >= 15 is 0 Å². The number of amidine groups is 1. The lowest BCUT2D eigenvalue weighted by Gasteiger charge is -2.26. The third-order valence-electron chi connectivity index (χ3n) is 3.70. The Kier molecular flexibility index (Phi) is 4.15. The van der Waals surface area contributed by atoms with Gasteiger partial charge in [0.25, 0.3) is 0 Å². The standard InChI is InChI=1S/C17H16N2O2S/c1-22-16-18-14(12-8-4-2-5-9-12)15(19(16)17(20)21)13-10-6-3-7-11-13/h2-11,14-15H,1H3,(H,20,21)/t14-,15+/m1/s1. The molecule has 3 rings (SSSR count). The molecule has 1 amide bonds. The second-order valence-corrected chi connectivity index (χ2v) is 5.75. The summed E-state index contributed by atoms with van der Waals surface area (Å²) in [5, 5.41) is 10.2. The summed E-state index contributed by atoms with van der Waals surface area (Å²) >= 11 is 1.36. The fourth-order valence-corrected chi connectivity index (χ4v) is 3.36. The molecule has 22 heavy (non-hydrogen) atoms. The van der Waals surface area contributed by atoms with Crippen molar-refractivity contribution in [2.24, 2.45) is 4.99 Å². The second-order valence-electron chi connectivity index (χ2n) is 4.98. The van der Waals surface area contributed by atoms with Crippen LogP contribution in [-0.2, 0) is 0 Å². The van der Waals surface area contributed by atoms with Gasteiger partial charge in [-0.15, -0.1) is 0 Å². The molecule has 0 spiro atoms. The molecule has 0 aromatic heterocycles. The van der Waals surface area contributed by atoms with Crippen molar-refractivity contribution < 1.29 is 9.90 Å². The maximum absolute atomic E-state index is 11.8. The van der Waals surface area contributed by atoms with E-state index in [2.05, 4.69) is 4.99 Å². The molecule has 0 aliphatic carbocycles. The molecule has 1 heterocycles. The van der Waals surface area contributed by atoms with Crippen LogP contribution >= 0.6 is 11.8 Å². The molecule has 1 aliphatic heterocycles. The smallest absolute Gasteiger partial charge is 0.414 e. The predicted octanol–water partition coefficient (Wildman–Crippen LogP) is 4.18. The van der Waals surface area contributed by atoms with Crippen LogP contribution in [-0.4, -0.2) is 27.5 Å². The summed E-state index contributed by atoms with van der Waals surface area (Å²) in [6.07, 6.45) is 0.880. The molecule has 1 aliphatic rings. The first-order valence-electron chi connectivity index (χ1n) is 6.96. The molecule has 1 N–H and O–H groups in total.